The maximum absolute atomic E-state index is 14.3. The number of hydrogen-bond donors (Lipinski definition) is 6. The fraction of sp³-hybridized carbons (Fsp3) is 0.949. The van der Waals surface area contributed by atoms with E-state index < -0.39 is 108 Å². The van der Waals surface area contributed by atoms with Crippen LogP contribution in [0.3, 0.4) is 0 Å². The highest BCUT2D eigenvalue weighted by Crippen LogP contribution is 2.41. The van der Waals surface area contributed by atoms with Gasteiger partial charge in [0.2, 0.25) is 5.91 Å². The molecule has 0 bridgehead atoms. The Balaban J connectivity index is 2.22. The smallest absolute Gasteiger partial charge is 0.311 e. The van der Waals surface area contributed by atoms with Crippen LogP contribution in [0, 0.1) is 17.8 Å². The van der Waals surface area contributed by atoms with Gasteiger partial charge in [-0.1, -0.05) is 20.8 Å². The normalized spacial score (nSPS) is 47.1. The Hall–Kier alpha value is -1.54. The van der Waals surface area contributed by atoms with Crippen molar-refractivity contribution in [2.45, 2.75) is 185 Å². The Morgan fingerprint density at radius 2 is 1.55 bits per heavy atom. The number of amides is 1. The molecule has 0 spiro atoms. The quantitative estimate of drug-likeness (QED) is 0.171. The van der Waals surface area contributed by atoms with Gasteiger partial charge < -0.3 is 64.6 Å². The number of esters is 1. The summed E-state index contributed by atoms with van der Waals surface area (Å²) in [5.74, 6) is -3.64. The molecule has 0 aliphatic carbocycles. The molecule has 1 amide bonds. The van der Waals surface area contributed by atoms with Crippen LogP contribution < -0.4 is 11.1 Å². The molecule has 3 rings (SSSR count). The average molecular weight is 792 g/mol. The highest BCUT2D eigenvalue weighted by atomic mass is 16.7. The third-order valence-corrected chi connectivity index (χ3v) is 12.5. The number of carbonyl (C=O) groups excluding carboxylic acids is 2. The lowest BCUT2D eigenvalue weighted by Crippen LogP contribution is -2.61. The first-order valence-electron chi connectivity index (χ1n) is 19.9. The van der Waals surface area contributed by atoms with E-state index in [-0.39, 0.29) is 31.4 Å². The topological polar surface area (TPSA) is 221 Å². The summed E-state index contributed by atoms with van der Waals surface area (Å²) >= 11 is 0. The summed E-state index contributed by atoms with van der Waals surface area (Å²) in [4.78, 5) is 30.0. The average Bonchev–Trinajstić information content (AvgIpc) is 3.13. The minimum absolute atomic E-state index is 0.0897. The van der Waals surface area contributed by atoms with E-state index in [0.717, 1.165) is 0 Å². The van der Waals surface area contributed by atoms with E-state index in [2.05, 4.69) is 5.32 Å². The van der Waals surface area contributed by atoms with Crippen molar-refractivity contribution in [1.82, 2.24) is 10.2 Å². The van der Waals surface area contributed by atoms with E-state index in [1.807, 2.05) is 25.8 Å². The van der Waals surface area contributed by atoms with Gasteiger partial charge in [0, 0.05) is 51.6 Å². The molecule has 3 saturated heterocycles. The third kappa shape index (κ3) is 10.8. The lowest BCUT2D eigenvalue weighted by molar-refractivity contribution is -0.319. The number of carbonyl (C=O) groups is 2. The van der Waals surface area contributed by atoms with Crippen LogP contribution in [0.5, 0.6) is 0 Å². The molecule has 3 aliphatic rings. The standard InChI is InChI=1S/C39H73N3O13/c1-14-27-39(10,48)31(44)24(6)41-34(46)20(2)18-38(9,50-13)33(55-36-29(43)26(17-21(3)51-36)42(11)16-15-40)22(4)30(23(5)35(47)53-27)54-28-19-37(8,49-12)32(45)25(7)52-28/h20-33,36,43-45,48H,14-19,40H2,1-13H3,(H,41,46)/t20-,21-,22+,23-,24-,25+,26+,27-,28+,29-,30+,31-,32+,33-,36+,37-,38-,39-/m1/s1. The summed E-state index contributed by atoms with van der Waals surface area (Å²) in [7, 11) is 4.88. The highest BCUT2D eigenvalue weighted by molar-refractivity contribution is 5.78. The molecule has 0 aromatic rings. The summed E-state index contributed by atoms with van der Waals surface area (Å²) in [6.45, 7) is 17.9. The van der Waals surface area contributed by atoms with Crippen molar-refractivity contribution >= 4 is 11.9 Å². The molecule has 0 radical (unpaired) electrons. The second-order valence-corrected chi connectivity index (χ2v) is 17.0. The summed E-state index contributed by atoms with van der Waals surface area (Å²) in [5.41, 5.74) is 1.59. The van der Waals surface area contributed by atoms with Crippen molar-refractivity contribution in [2.75, 3.05) is 34.4 Å². The van der Waals surface area contributed by atoms with E-state index in [9.17, 15) is 30.0 Å². The van der Waals surface area contributed by atoms with Crippen molar-refractivity contribution in [3.63, 3.8) is 0 Å². The Kier molecular flexibility index (Phi) is 16.9. The van der Waals surface area contributed by atoms with Crippen molar-refractivity contribution in [3.05, 3.63) is 0 Å². The predicted octanol–water partition coefficient (Wildman–Crippen LogP) is 1.07. The number of methoxy groups -OCH3 is 2. The molecule has 3 heterocycles. The molecule has 0 aromatic carbocycles. The molecule has 18 atom stereocenters. The van der Waals surface area contributed by atoms with E-state index in [0.29, 0.717) is 19.5 Å². The maximum atomic E-state index is 14.3. The van der Waals surface area contributed by atoms with Gasteiger partial charge in [0.25, 0.3) is 0 Å². The summed E-state index contributed by atoms with van der Waals surface area (Å²) in [6, 6.07) is -1.28. The van der Waals surface area contributed by atoms with Crippen molar-refractivity contribution < 1.29 is 63.2 Å². The number of ether oxygens (including phenoxy) is 7. The van der Waals surface area contributed by atoms with Gasteiger partial charge in [-0.3, -0.25) is 14.5 Å². The lowest BCUT2D eigenvalue weighted by Gasteiger charge is -2.49. The van der Waals surface area contributed by atoms with Crippen LogP contribution in [-0.4, -0.2) is 162 Å². The van der Waals surface area contributed by atoms with Gasteiger partial charge in [-0.2, -0.15) is 0 Å². The third-order valence-electron chi connectivity index (χ3n) is 12.5. The second kappa shape index (κ2) is 19.5. The zero-order chi connectivity index (χ0) is 41.8. The number of hydrogen-bond acceptors (Lipinski definition) is 15. The summed E-state index contributed by atoms with van der Waals surface area (Å²) in [6.07, 6.45) is -9.06. The van der Waals surface area contributed by atoms with Crippen LogP contribution >= 0.6 is 0 Å². The van der Waals surface area contributed by atoms with Gasteiger partial charge in [0.1, 0.15) is 30.0 Å². The molecular formula is C39H73N3O13. The number of aliphatic hydroxyl groups excluding tert-OH is 3. The molecule has 0 unspecified atom stereocenters. The number of aliphatic hydroxyl groups is 4. The molecule has 7 N–H and O–H groups in total. The van der Waals surface area contributed by atoms with Gasteiger partial charge in [-0.05, 0) is 74.8 Å². The number of cyclic esters (lactones) is 1. The second-order valence-electron chi connectivity index (χ2n) is 17.0. The van der Waals surface area contributed by atoms with Gasteiger partial charge in [0.15, 0.2) is 12.6 Å². The first-order chi connectivity index (χ1) is 25.5. The molecule has 16 heteroatoms. The first kappa shape index (κ1) is 47.8. The minimum atomic E-state index is -1.95. The number of likely N-dealkylation sites (N-methyl/N-ethyl adjacent to an activating group) is 1. The van der Waals surface area contributed by atoms with Crippen molar-refractivity contribution in [1.29, 1.82) is 0 Å². The molecule has 0 aromatic heterocycles. The van der Waals surface area contributed by atoms with Crippen molar-refractivity contribution in [3.8, 4) is 0 Å². The maximum Gasteiger partial charge on any atom is 0.311 e. The number of nitrogens with zero attached hydrogens (tertiary/aromatic N) is 1. The van der Waals surface area contributed by atoms with E-state index in [4.69, 9.17) is 38.9 Å². The van der Waals surface area contributed by atoms with Gasteiger partial charge in [-0.15, -0.1) is 0 Å². The van der Waals surface area contributed by atoms with Crippen LogP contribution in [0.15, 0.2) is 0 Å². The highest BCUT2D eigenvalue weighted by Gasteiger charge is 2.53. The summed E-state index contributed by atoms with van der Waals surface area (Å²) in [5, 5.41) is 48.6. The number of nitrogens with two attached hydrogens (primary N) is 1. The SMILES string of the molecule is CC[C@H]1OC(=O)[C@H](C)[C@@H](O[C@H]2C[C@@](C)(OC)[C@@H](O)[C@H](C)O2)[C@H](C)[C@@H](O[C@@H]2O[C@H](C)C[C@H](N(C)CCN)[C@H]2O)[C@](C)(OC)C[C@@H](C)C(=O)N[C@H](C)[C@@H](O)[C@]1(C)O. The van der Waals surface area contributed by atoms with E-state index in [1.165, 1.54) is 21.1 Å². The van der Waals surface area contributed by atoms with E-state index in [1.54, 1.807) is 48.5 Å². The Morgan fingerprint density at radius 3 is 2.11 bits per heavy atom. The fourth-order valence-electron chi connectivity index (χ4n) is 8.71. The molecule has 16 nitrogen and oxygen atoms in total. The van der Waals surface area contributed by atoms with Gasteiger partial charge in [-0.25, -0.2) is 0 Å². The van der Waals surface area contributed by atoms with Crippen LogP contribution in [0.4, 0.5) is 0 Å². The summed E-state index contributed by atoms with van der Waals surface area (Å²) < 4.78 is 44.1. The molecule has 3 fully saturated rings. The van der Waals surface area contributed by atoms with Gasteiger partial charge in [0.05, 0.1) is 47.6 Å². The van der Waals surface area contributed by atoms with Crippen LogP contribution in [0.25, 0.3) is 0 Å². The van der Waals surface area contributed by atoms with E-state index >= 15 is 0 Å². The first-order valence-corrected chi connectivity index (χ1v) is 19.9. The molecule has 322 valence electrons. The van der Waals surface area contributed by atoms with Gasteiger partial charge >= 0.3 is 5.97 Å². The van der Waals surface area contributed by atoms with Crippen LogP contribution in [-0.2, 0) is 42.7 Å². The van der Waals surface area contributed by atoms with Crippen LogP contribution in [0.2, 0.25) is 0 Å². The zero-order valence-corrected chi connectivity index (χ0v) is 35.4. The Morgan fingerprint density at radius 1 is 0.927 bits per heavy atom. The molecule has 55 heavy (non-hydrogen) atoms. The Bertz CT molecular complexity index is 1250. The molecular weight excluding hydrogens is 718 g/mol. The number of nitrogens with one attached hydrogen (secondary N) is 1. The zero-order valence-electron chi connectivity index (χ0n) is 35.4. The van der Waals surface area contributed by atoms with Crippen LogP contribution in [0.1, 0.15) is 94.9 Å². The lowest BCUT2D eigenvalue weighted by atomic mass is 9.77. The molecule has 0 saturated carbocycles. The minimum Gasteiger partial charge on any atom is -0.459 e. The largest absolute Gasteiger partial charge is 0.459 e. The number of rotatable bonds is 10. The Labute approximate surface area is 328 Å². The predicted molar refractivity (Wildman–Crippen MR) is 202 cm³/mol. The monoisotopic (exact) mass is 792 g/mol. The van der Waals surface area contributed by atoms with Crippen molar-refractivity contribution in [2.24, 2.45) is 23.5 Å². The molecule has 3 aliphatic heterocycles. The fourth-order valence-corrected chi connectivity index (χ4v) is 8.71.